The quantitative estimate of drug-likeness (QED) is 0.451. The number of hydrogen-bond acceptors (Lipinski definition) is 2. The molecule has 72 valence electrons. The summed E-state index contributed by atoms with van der Waals surface area (Å²) in [4.78, 5) is 22.1. The Balaban J connectivity index is 0.000000396. The molecule has 2 amide bonds. The number of hydrogen-bond donors (Lipinski definition) is 1. The summed E-state index contributed by atoms with van der Waals surface area (Å²) in [5.74, 6) is -0.339. The molecule has 0 aromatic rings. The monoisotopic (exact) mass is 181 g/mol. The smallest absolute Gasteiger partial charge is 0.230 e. The van der Waals surface area contributed by atoms with Gasteiger partial charge in [0.1, 0.15) is 0 Å². The Morgan fingerprint density at radius 3 is 1.85 bits per heavy atom. The van der Waals surface area contributed by atoms with Crippen molar-refractivity contribution in [1.29, 1.82) is 0 Å². The zero-order valence-corrected chi connectivity index (χ0v) is 8.04. The lowest BCUT2D eigenvalue weighted by Crippen LogP contribution is -2.21. The maximum atomic E-state index is 11.1. The van der Waals surface area contributed by atoms with Crippen LogP contribution in [0.1, 0.15) is 26.7 Å². The highest BCUT2D eigenvalue weighted by Gasteiger charge is 2.40. The molecule has 0 bridgehead atoms. The number of carbonyl (C=O) groups is 2. The molecule has 3 nitrogen and oxygen atoms in total. The van der Waals surface area contributed by atoms with Crippen LogP contribution in [0.25, 0.3) is 0 Å². The Bertz CT molecular complexity index is 221. The minimum Gasteiger partial charge on any atom is -0.296 e. The lowest BCUT2D eigenvalue weighted by Gasteiger charge is -2.14. The average Bonchev–Trinajstić information content (AvgIpc) is 2.47. The lowest BCUT2D eigenvalue weighted by molar-refractivity contribution is -0.126. The highest BCUT2D eigenvalue weighted by molar-refractivity contribution is 6.05. The Hall–Kier alpha value is -1.12. The summed E-state index contributed by atoms with van der Waals surface area (Å²) in [5.41, 5.74) is 0. The Morgan fingerprint density at radius 1 is 1.08 bits per heavy atom. The van der Waals surface area contributed by atoms with Crippen molar-refractivity contribution in [3.8, 4) is 0 Å². The molecule has 3 heteroatoms. The second-order valence-corrected chi connectivity index (χ2v) is 3.01. The topological polar surface area (TPSA) is 46.2 Å². The minimum absolute atomic E-state index is 0.0764. The van der Waals surface area contributed by atoms with E-state index in [1.807, 2.05) is 26.0 Å². The summed E-state index contributed by atoms with van der Waals surface area (Å²) in [6.45, 7) is 4.00. The fourth-order valence-electron chi connectivity index (χ4n) is 1.70. The third-order valence-corrected chi connectivity index (χ3v) is 2.35. The third-order valence-electron chi connectivity index (χ3n) is 2.35. The molecular formula is C10H15NO2. The van der Waals surface area contributed by atoms with E-state index >= 15 is 0 Å². The van der Waals surface area contributed by atoms with Crippen LogP contribution >= 0.6 is 0 Å². The van der Waals surface area contributed by atoms with E-state index < -0.39 is 0 Å². The SMILES string of the molecule is CC.O=C1NC(=O)C2CC=CCC12. The van der Waals surface area contributed by atoms with Crippen LogP contribution in [-0.2, 0) is 9.59 Å². The van der Waals surface area contributed by atoms with E-state index in [4.69, 9.17) is 0 Å². The molecule has 0 spiro atoms. The molecule has 0 aromatic heterocycles. The third kappa shape index (κ3) is 1.79. The van der Waals surface area contributed by atoms with E-state index in [0.717, 1.165) is 12.8 Å². The summed E-state index contributed by atoms with van der Waals surface area (Å²) in [6, 6.07) is 0. The normalized spacial score (nSPS) is 30.3. The molecule has 2 unspecified atom stereocenters. The van der Waals surface area contributed by atoms with Crippen LogP contribution in [0.5, 0.6) is 0 Å². The number of nitrogens with one attached hydrogen (secondary N) is 1. The van der Waals surface area contributed by atoms with E-state index in [0.29, 0.717) is 0 Å². The number of allylic oxidation sites excluding steroid dienone is 2. The van der Waals surface area contributed by atoms with E-state index in [-0.39, 0.29) is 23.7 Å². The van der Waals surface area contributed by atoms with Crippen molar-refractivity contribution in [3.63, 3.8) is 0 Å². The van der Waals surface area contributed by atoms with Crippen molar-refractivity contribution >= 4 is 11.8 Å². The summed E-state index contributed by atoms with van der Waals surface area (Å²) < 4.78 is 0. The molecule has 1 aliphatic carbocycles. The first-order valence-corrected chi connectivity index (χ1v) is 4.79. The standard InChI is InChI=1S/C8H9NO2.C2H6/c10-7-5-3-1-2-4-6(5)8(11)9-7;1-2/h1-2,5-6H,3-4H2,(H,9,10,11);1-2H3. The molecule has 0 aromatic carbocycles. The van der Waals surface area contributed by atoms with Crippen LogP contribution in [0.2, 0.25) is 0 Å². The highest BCUT2D eigenvalue weighted by atomic mass is 16.2. The molecule has 2 rings (SSSR count). The number of fused-ring (bicyclic) bond motifs is 1. The Labute approximate surface area is 78.2 Å². The van der Waals surface area contributed by atoms with Crippen molar-refractivity contribution in [1.82, 2.24) is 5.32 Å². The van der Waals surface area contributed by atoms with Gasteiger partial charge >= 0.3 is 0 Å². The first kappa shape index (κ1) is 9.96. The molecular weight excluding hydrogens is 166 g/mol. The average molecular weight is 181 g/mol. The van der Waals surface area contributed by atoms with Crippen LogP contribution in [0.4, 0.5) is 0 Å². The second-order valence-electron chi connectivity index (χ2n) is 3.01. The van der Waals surface area contributed by atoms with Gasteiger partial charge in [0.2, 0.25) is 11.8 Å². The van der Waals surface area contributed by atoms with Gasteiger partial charge in [0.25, 0.3) is 0 Å². The lowest BCUT2D eigenvalue weighted by atomic mass is 9.85. The highest BCUT2D eigenvalue weighted by Crippen LogP contribution is 2.29. The van der Waals surface area contributed by atoms with Crippen LogP contribution < -0.4 is 5.32 Å². The van der Waals surface area contributed by atoms with Gasteiger partial charge in [-0.25, -0.2) is 0 Å². The van der Waals surface area contributed by atoms with Gasteiger partial charge in [0.05, 0.1) is 11.8 Å². The molecule has 13 heavy (non-hydrogen) atoms. The number of carbonyl (C=O) groups excluding carboxylic acids is 2. The van der Waals surface area contributed by atoms with E-state index in [2.05, 4.69) is 5.32 Å². The van der Waals surface area contributed by atoms with Crippen LogP contribution in [0.15, 0.2) is 12.2 Å². The van der Waals surface area contributed by atoms with Crippen LogP contribution in [0, 0.1) is 11.8 Å². The second kappa shape index (κ2) is 4.21. The minimum atomic E-state index is -0.0932. The molecule has 1 saturated heterocycles. The predicted octanol–water partition coefficient (Wildman–Crippen LogP) is 1.25. The van der Waals surface area contributed by atoms with Gasteiger partial charge in [-0.05, 0) is 12.8 Å². The van der Waals surface area contributed by atoms with Gasteiger partial charge in [-0.15, -0.1) is 0 Å². The number of amides is 2. The van der Waals surface area contributed by atoms with E-state index in [1.165, 1.54) is 0 Å². The molecule has 1 fully saturated rings. The Kier molecular flexibility index (Phi) is 3.23. The molecule has 1 heterocycles. The summed E-state index contributed by atoms with van der Waals surface area (Å²) in [7, 11) is 0. The fraction of sp³-hybridized carbons (Fsp3) is 0.600. The van der Waals surface area contributed by atoms with Gasteiger partial charge in [-0.2, -0.15) is 0 Å². The van der Waals surface area contributed by atoms with Gasteiger partial charge < -0.3 is 0 Å². The molecule has 1 N–H and O–H groups in total. The largest absolute Gasteiger partial charge is 0.296 e. The summed E-state index contributed by atoms with van der Waals surface area (Å²) in [5, 5.41) is 2.34. The van der Waals surface area contributed by atoms with Crippen LogP contribution in [0.3, 0.4) is 0 Å². The molecule has 2 aliphatic rings. The zero-order chi connectivity index (χ0) is 9.84. The van der Waals surface area contributed by atoms with E-state index in [1.54, 1.807) is 0 Å². The number of rotatable bonds is 0. The molecule has 2 atom stereocenters. The maximum absolute atomic E-state index is 11.1. The summed E-state index contributed by atoms with van der Waals surface area (Å²) >= 11 is 0. The fourth-order valence-corrected chi connectivity index (χ4v) is 1.70. The van der Waals surface area contributed by atoms with E-state index in [9.17, 15) is 9.59 Å². The van der Waals surface area contributed by atoms with Gasteiger partial charge in [-0.1, -0.05) is 26.0 Å². The molecule has 0 saturated carbocycles. The van der Waals surface area contributed by atoms with Crippen molar-refractivity contribution in [2.45, 2.75) is 26.7 Å². The maximum Gasteiger partial charge on any atom is 0.230 e. The zero-order valence-electron chi connectivity index (χ0n) is 8.04. The molecule has 0 radical (unpaired) electrons. The van der Waals surface area contributed by atoms with Crippen molar-refractivity contribution in [2.24, 2.45) is 11.8 Å². The first-order valence-electron chi connectivity index (χ1n) is 4.79. The van der Waals surface area contributed by atoms with Crippen molar-refractivity contribution in [2.75, 3.05) is 0 Å². The molecule has 1 aliphatic heterocycles. The van der Waals surface area contributed by atoms with Crippen molar-refractivity contribution in [3.05, 3.63) is 12.2 Å². The Morgan fingerprint density at radius 2 is 1.46 bits per heavy atom. The van der Waals surface area contributed by atoms with Gasteiger partial charge in [0, 0.05) is 0 Å². The van der Waals surface area contributed by atoms with Crippen LogP contribution in [-0.4, -0.2) is 11.8 Å². The van der Waals surface area contributed by atoms with Gasteiger partial charge in [-0.3, -0.25) is 14.9 Å². The van der Waals surface area contributed by atoms with Gasteiger partial charge in [0.15, 0.2) is 0 Å². The predicted molar refractivity (Wildman–Crippen MR) is 49.9 cm³/mol. The van der Waals surface area contributed by atoms with Crippen molar-refractivity contribution < 1.29 is 9.59 Å². The summed E-state index contributed by atoms with van der Waals surface area (Å²) in [6.07, 6.45) is 5.39. The number of imide groups is 1. The first-order chi connectivity index (χ1) is 6.29.